The van der Waals surface area contributed by atoms with Gasteiger partial charge in [-0.05, 0) is 31.4 Å². The molecule has 1 atom stereocenters. The van der Waals surface area contributed by atoms with Gasteiger partial charge in [0.1, 0.15) is 12.4 Å². The highest BCUT2D eigenvalue weighted by Gasteiger charge is 2.29. The normalized spacial score (nSPS) is 19.6. The Morgan fingerprint density at radius 1 is 1.52 bits per heavy atom. The van der Waals surface area contributed by atoms with Gasteiger partial charge in [0.05, 0.1) is 18.4 Å². The summed E-state index contributed by atoms with van der Waals surface area (Å²) in [7, 11) is -3.22. The number of carbonyl (C=O) groups is 1. The van der Waals surface area contributed by atoms with Crippen LogP contribution in [-0.2, 0) is 26.2 Å². The van der Waals surface area contributed by atoms with E-state index >= 15 is 0 Å². The van der Waals surface area contributed by atoms with Gasteiger partial charge in [0.15, 0.2) is 0 Å². The number of ether oxygens (including phenoxy) is 1. The number of amides is 1. The number of rotatable bonds is 8. The summed E-state index contributed by atoms with van der Waals surface area (Å²) in [4.78, 5) is 12.1. The van der Waals surface area contributed by atoms with Crippen molar-refractivity contribution in [2.45, 2.75) is 25.9 Å². The van der Waals surface area contributed by atoms with Gasteiger partial charge in [-0.2, -0.15) is 0 Å². The van der Waals surface area contributed by atoms with E-state index in [0.717, 1.165) is 18.6 Å². The van der Waals surface area contributed by atoms with Crippen molar-refractivity contribution in [1.82, 2.24) is 9.62 Å². The van der Waals surface area contributed by atoms with Crippen LogP contribution >= 0.6 is 0 Å². The van der Waals surface area contributed by atoms with Crippen molar-refractivity contribution in [2.75, 3.05) is 32.5 Å². The molecule has 1 saturated heterocycles. The summed E-state index contributed by atoms with van der Waals surface area (Å²) >= 11 is 0. The first-order valence-electron chi connectivity index (χ1n) is 7.80. The Morgan fingerprint density at radius 2 is 2.35 bits per heavy atom. The molecule has 1 N–H and O–H groups in total. The Hall–Kier alpha value is -1.38. The molecule has 23 heavy (non-hydrogen) atoms. The Labute approximate surface area is 137 Å². The van der Waals surface area contributed by atoms with Crippen LogP contribution in [0.25, 0.3) is 0 Å². The summed E-state index contributed by atoms with van der Waals surface area (Å²) in [5, 5.41) is 2.85. The molecule has 130 valence electrons. The summed E-state index contributed by atoms with van der Waals surface area (Å²) in [5.74, 6) is 0.434. The van der Waals surface area contributed by atoms with Crippen LogP contribution in [0.3, 0.4) is 0 Å². The number of hydrogen-bond acceptors (Lipinski definition) is 5. The minimum Gasteiger partial charge on any atom is -0.467 e. The number of nitrogens with one attached hydrogen (secondary N) is 1. The van der Waals surface area contributed by atoms with Crippen molar-refractivity contribution in [1.29, 1.82) is 0 Å². The van der Waals surface area contributed by atoms with Crippen molar-refractivity contribution in [3.05, 3.63) is 24.2 Å². The van der Waals surface area contributed by atoms with Crippen molar-refractivity contribution in [3.8, 4) is 0 Å². The van der Waals surface area contributed by atoms with E-state index in [-0.39, 0.29) is 18.4 Å². The zero-order chi connectivity index (χ0) is 16.7. The second-order valence-corrected chi connectivity index (χ2v) is 7.72. The zero-order valence-electron chi connectivity index (χ0n) is 13.4. The lowest BCUT2D eigenvalue weighted by molar-refractivity contribution is -0.126. The molecular formula is C15H24N2O5S. The van der Waals surface area contributed by atoms with Crippen molar-refractivity contribution in [2.24, 2.45) is 5.92 Å². The summed E-state index contributed by atoms with van der Waals surface area (Å²) in [6.45, 7) is 2.25. The van der Waals surface area contributed by atoms with Gasteiger partial charge in [0.25, 0.3) is 0 Å². The van der Waals surface area contributed by atoms with Crippen LogP contribution in [0.5, 0.6) is 0 Å². The van der Waals surface area contributed by atoms with E-state index in [0.29, 0.717) is 32.7 Å². The predicted molar refractivity (Wildman–Crippen MR) is 85.1 cm³/mol. The molecule has 0 bridgehead atoms. The van der Waals surface area contributed by atoms with E-state index in [1.807, 2.05) is 12.1 Å². The molecule has 0 spiro atoms. The third kappa shape index (κ3) is 5.96. The molecule has 1 aliphatic heterocycles. The summed E-state index contributed by atoms with van der Waals surface area (Å²) in [6.07, 6.45) is 4.94. The first kappa shape index (κ1) is 18.0. The second kappa shape index (κ2) is 8.47. The maximum atomic E-state index is 12.1. The Kier molecular flexibility index (Phi) is 6.61. The molecule has 2 heterocycles. The van der Waals surface area contributed by atoms with Crippen LogP contribution in [0.1, 0.15) is 25.0 Å². The lowest BCUT2D eigenvalue weighted by Crippen LogP contribution is -2.45. The highest BCUT2D eigenvalue weighted by atomic mass is 32.2. The van der Waals surface area contributed by atoms with Crippen LogP contribution < -0.4 is 5.32 Å². The molecule has 0 aliphatic carbocycles. The van der Waals surface area contributed by atoms with Gasteiger partial charge in [-0.15, -0.1) is 0 Å². The van der Waals surface area contributed by atoms with Crippen molar-refractivity contribution in [3.63, 3.8) is 0 Å². The molecule has 0 radical (unpaired) electrons. The van der Waals surface area contributed by atoms with E-state index in [1.165, 1.54) is 10.6 Å². The SMILES string of the molecule is CS(=O)(=O)N1CCC[C@H](C(=O)NCCCOCc2ccco2)C1. The van der Waals surface area contributed by atoms with Crippen molar-refractivity contribution < 1.29 is 22.4 Å². The largest absolute Gasteiger partial charge is 0.467 e. The zero-order valence-corrected chi connectivity index (χ0v) is 14.2. The average molecular weight is 344 g/mol. The number of furan rings is 1. The summed E-state index contributed by atoms with van der Waals surface area (Å²) in [5.41, 5.74) is 0. The summed E-state index contributed by atoms with van der Waals surface area (Å²) < 4.78 is 35.1. The highest BCUT2D eigenvalue weighted by molar-refractivity contribution is 7.88. The topological polar surface area (TPSA) is 88.9 Å². The van der Waals surface area contributed by atoms with Crippen LogP contribution in [0.2, 0.25) is 0 Å². The molecule has 0 unspecified atom stereocenters. The molecule has 0 saturated carbocycles. The fourth-order valence-corrected chi connectivity index (χ4v) is 3.47. The van der Waals surface area contributed by atoms with E-state index in [4.69, 9.17) is 9.15 Å². The smallest absolute Gasteiger partial charge is 0.224 e. The second-order valence-electron chi connectivity index (χ2n) is 5.74. The number of hydrogen-bond donors (Lipinski definition) is 1. The molecule has 8 heteroatoms. The Balaban J connectivity index is 1.61. The molecule has 1 amide bonds. The third-order valence-corrected chi connectivity index (χ3v) is 5.08. The van der Waals surface area contributed by atoms with E-state index in [2.05, 4.69) is 5.32 Å². The molecule has 7 nitrogen and oxygen atoms in total. The fourth-order valence-electron chi connectivity index (χ4n) is 2.56. The van der Waals surface area contributed by atoms with Crippen LogP contribution in [0.4, 0.5) is 0 Å². The van der Waals surface area contributed by atoms with Gasteiger partial charge in [-0.1, -0.05) is 0 Å². The molecular weight excluding hydrogens is 320 g/mol. The quantitative estimate of drug-likeness (QED) is 0.710. The first-order chi connectivity index (χ1) is 11.0. The van der Waals surface area contributed by atoms with Gasteiger partial charge < -0.3 is 14.5 Å². The molecule has 2 rings (SSSR count). The monoisotopic (exact) mass is 344 g/mol. The number of nitrogens with zero attached hydrogens (tertiary/aromatic N) is 1. The maximum Gasteiger partial charge on any atom is 0.224 e. The molecule has 0 aromatic carbocycles. The van der Waals surface area contributed by atoms with E-state index in [9.17, 15) is 13.2 Å². The van der Waals surface area contributed by atoms with Gasteiger partial charge in [0, 0.05) is 26.2 Å². The minimum absolute atomic E-state index is 0.0793. The molecule has 1 aromatic rings. The lowest BCUT2D eigenvalue weighted by Gasteiger charge is -2.30. The van der Waals surface area contributed by atoms with Crippen molar-refractivity contribution >= 4 is 15.9 Å². The van der Waals surface area contributed by atoms with Crippen LogP contribution in [0.15, 0.2) is 22.8 Å². The molecule has 1 fully saturated rings. The molecule has 1 aromatic heterocycles. The molecule has 1 aliphatic rings. The van der Waals surface area contributed by atoms with E-state index in [1.54, 1.807) is 6.26 Å². The first-order valence-corrected chi connectivity index (χ1v) is 9.64. The van der Waals surface area contributed by atoms with Gasteiger partial charge in [-0.25, -0.2) is 12.7 Å². The van der Waals surface area contributed by atoms with Crippen LogP contribution in [0, 0.1) is 5.92 Å². The summed E-state index contributed by atoms with van der Waals surface area (Å²) in [6, 6.07) is 3.65. The minimum atomic E-state index is -3.22. The number of piperidine rings is 1. The number of sulfonamides is 1. The predicted octanol–water partition coefficient (Wildman–Crippen LogP) is 0.974. The fraction of sp³-hybridized carbons (Fsp3) is 0.667. The van der Waals surface area contributed by atoms with E-state index < -0.39 is 10.0 Å². The number of carbonyl (C=O) groups excluding carboxylic acids is 1. The maximum absolute atomic E-state index is 12.1. The lowest BCUT2D eigenvalue weighted by atomic mass is 9.99. The van der Waals surface area contributed by atoms with Gasteiger partial charge >= 0.3 is 0 Å². The van der Waals surface area contributed by atoms with Gasteiger partial charge in [-0.3, -0.25) is 4.79 Å². The highest BCUT2D eigenvalue weighted by Crippen LogP contribution is 2.18. The average Bonchev–Trinajstić information content (AvgIpc) is 3.03. The third-order valence-electron chi connectivity index (χ3n) is 3.81. The Bertz CT molecular complexity index is 585. The van der Waals surface area contributed by atoms with Gasteiger partial charge in [0.2, 0.25) is 15.9 Å². The Morgan fingerprint density at radius 3 is 3.04 bits per heavy atom. The van der Waals surface area contributed by atoms with Crippen LogP contribution in [-0.4, -0.2) is 51.1 Å². The standard InChI is InChI=1S/C15H24N2O5S/c1-23(19,20)17-8-2-5-13(11-17)15(18)16-7-4-9-21-12-14-6-3-10-22-14/h3,6,10,13H,2,4-5,7-9,11-12H2,1H3,(H,16,18)/t13-/m0/s1.